The molecule has 1 aromatic rings. The first-order chi connectivity index (χ1) is 17.5. The summed E-state index contributed by atoms with van der Waals surface area (Å²) >= 11 is 0. The predicted octanol–water partition coefficient (Wildman–Crippen LogP) is 4.27. The van der Waals surface area contributed by atoms with E-state index in [-0.39, 0.29) is 58.0 Å². The zero-order chi connectivity index (χ0) is 27.8. The van der Waals surface area contributed by atoms with Crippen LogP contribution in [0.1, 0.15) is 61.7 Å². The minimum atomic E-state index is -1.44. The number of aliphatic carboxylic acids is 2. The van der Waals surface area contributed by atoms with E-state index < -0.39 is 29.4 Å². The molecular formula is C25H36N4O10Pt. The Morgan fingerprint density at radius 2 is 1.25 bits per heavy atom. The van der Waals surface area contributed by atoms with Crippen LogP contribution >= 0.6 is 0 Å². The topological polar surface area (TPSA) is 266 Å². The van der Waals surface area contributed by atoms with Crippen molar-refractivity contribution in [2.75, 3.05) is 13.1 Å². The van der Waals surface area contributed by atoms with E-state index in [0.29, 0.717) is 25.1 Å². The molecular weight excluding hydrogens is 711 g/mol. The second-order valence-corrected chi connectivity index (χ2v) is 8.38. The number of hydrogen-bond acceptors (Lipinski definition) is 6. The third kappa shape index (κ3) is 14.0. The van der Waals surface area contributed by atoms with Crippen LogP contribution in [0.3, 0.4) is 0 Å². The van der Waals surface area contributed by atoms with E-state index in [1.807, 2.05) is 0 Å². The Morgan fingerprint density at radius 3 is 1.60 bits per heavy atom. The fraction of sp³-hybridized carbons (Fsp3) is 0.440. The normalized spacial score (nSPS) is 13.8. The number of carboxylic acid groups (broad SMARTS) is 4. The van der Waals surface area contributed by atoms with Crippen molar-refractivity contribution in [3.8, 4) is 0 Å². The molecule has 1 aromatic carbocycles. The van der Waals surface area contributed by atoms with Gasteiger partial charge in [-0.2, -0.15) is 0 Å². The molecule has 0 unspecified atom stereocenters. The van der Waals surface area contributed by atoms with Crippen LogP contribution in [0.2, 0.25) is 0 Å². The van der Waals surface area contributed by atoms with Gasteiger partial charge in [-0.25, -0.2) is 9.59 Å². The van der Waals surface area contributed by atoms with Crippen molar-refractivity contribution in [2.24, 2.45) is 5.41 Å². The molecule has 0 spiro atoms. The Labute approximate surface area is 246 Å². The summed E-state index contributed by atoms with van der Waals surface area (Å²) in [5, 5.41) is 36.0. The van der Waals surface area contributed by atoms with E-state index in [0.717, 1.165) is 32.1 Å². The standard InChI is InChI=1S/C12H18N2O4.C7H6O2.C6H8O4.2H2N.Pt/c15-10-6-7-11(16)14(10)9-5-3-1-2-4-8-13-12(17)18;8-7(9)6-4-2-1-3-5-6;7-4(8)6(5(9)10)2-1-3-6;;;/h6-7,13H,1-5,8-9H2,(H,17,18);1-5H,(H,8,9);1-3H2,(H,7,8)(H,9,10);2*1H2;/q;;;2*-1;+2. The second-order valence-electron chi connectivity index (χ2n) is 8.38. The molecule has 1 fully saturated rings. The van der Waals surface area contributed by atoms with Crippen molar-refractivity contribution in [3.63, 3.8) is 0 Å². The number of benzene rings is 1. The number of nitrogens with two attached hydrogens (primary N) is 2. The maximum atomic E-state index is 11.2. The molecule has 9 N–H and O–H groups in total. The molecule has 2 aliphatic rings. The van der Waals surface area contributed by atoms with Crippen LogP contribution in [-0.2, 0) is 40.2 Å². The number of imide groups is 1. The van der Waals surface area contributed by atoms with Gasteiger partial charge in [0.05, 0.1) is 5.56 Å². The Bertz CT molecular complexity index is 967. The minimum absolute atomic E-state index is 0. The molecule has 14 nitrogen and oxygen atoms in total. The minimum Gasteiger partial charge on any atom is -0.693 e. The predicted molar refractivity (Wildman–Crippen MR) is 140 cm³/mol. The molecule has 0 aromatic heterocycles. The largest absolute Gasteiger partial charge is 2.00 e. The average Bonchev–Trinajstić information content (AvgIpc) is 3.12. The zero-order valence-corrected chi connectivity index (χ0v) is 24.0. The smallest absolute Gasteiger partial charge is 0.693 e. The zero-order valence-electron chi connectivity index (χ0n) is 21.8. The van der Waals surface area contributed by atoms with Crippen molar-refractivity contribution in [3.05, 3.63) is 60.3 Å². The van der Waals surface area contributed by atoms with Gasteiger partial charge in [0.2, 0.25) is 0 Å². The quantitative estimate of drug-likeness (QED) is 0.122. The number of carbonyl (C=O) groups excluding carboxylic acids is 2. The summed E-state index contributed by atoms with van der Waals surface area (Å²) in [5.41, 5.74) is -1.11. The Hall–Kier alpha value is -3.61. The maximum Gasteiger partial charge on any atom is 2.00 e. The van der Waals surface area contributed by atoms with Crippen LogP contribution in [-0.4, -0.2) is 74.2 Å². The van der Waals surface area contributed by atoms with Crippen LogP contribution in [0.5, 0.6) is 0 Å². The summed E-state index contributed by atoms with van der Waals surface area (Å²) in [7, 11) is 0. The molecule has 1 saturated carbocycles. The van der Waals surface area contributed by atoms with Gasteiger partial charge in [-0.3, -0.25) is 24.1 Å². The molecule has 1 aliphatic carbocycles. The number of nitrogens with zero attached hydrogens (tertiary/aromatic N) is 1. The fourth-order valence-electron chi connectivity index (χ4n) is 3.40. The molecule has 0 atom stereocenters. The summed E-state index contributed by atoms with van der Waals surface area (Å²) in [5.74, 6) is -3.75. The van der Waals surface area contributed by atoms with E-state index in [1.165, 1.54) is 17.1 Å². The summed E-state index contributed by atoms with van der Waals surface area (Å²) in [6, 6.07) is 8.30. The van der Waals surface area contributed by atoms with Gasteiger partial charge in [0.1, 0.15) is 0 Å². The van der Waals surface area contributed by atoms with Gasteiger partial charge in [-0.05, 0) is 44.2 Å². The van der Waals surface area contributed by atoms with Crippen LogP contribution in [0.25, 0.3) is 12.3 Å². The monoisotopic (exact) mass is 747 g/mol. The third-order valence-corrected chi connectivity index (χ3v) is 5.78. The molecule has 0 bridgehead atoms. The number of carboxylic acids is 3. The molecule has 3 amide bonds. The van der Waals surface area contributed by atoms with Crippen LogP contribution in [0.4, 0.5) is 4.79 Å². The summed E-state index contributed by atoms with van der Waals surface area (Å²) in [6.07, 6.45) is 7.32. The number of aromatic carboxylic acids is 1. The van der Waals surface area contributed by atoms with E-state index in [1.54, 1.807) is 30.3 Å². The Kier molecular flexibility index (Phi) is 21.7. The fourth-order valence-corrected chi connectivity index (χ4v) is 3.40. The van der Waals surface area contributed by atoms with Gasteiger partial charge >= 0.3 is 45.1 Å². The van der Waals surface area contributed by atoms with Gasteiger partial charge in [0.25, 0.3) is 11.8 Å². The maximum absolute atomic E-state index is 11.2. The summed E-state index contributed by atoms with van der Waals surface area (Å²) in [4.78, 5) is 64.7. The molecule has 40 heavy (non-hydrogen) atoms. The van der Waals surface area contributed by atoms with Crippen LogP contribution in [0, 0.1) is 5.41 Å². The Morgan fingerprint density at radius 1 is 0.775 bits per heavy atom. The van der Waals surface area contributed by atoms with E-state index in [4.69, 9.17) is 20.4 Å². The molecule has 226 valence electrons. The van der Waals surface area contributed by atoms with Crippen molar-refractivity contribution < 1.29 is 70.3 Å². The van der Waals surface area contributed by atoms with Gasteiger partial charge in [0, 0.05) is 25.2 Å². The summed E-state index contributed by atoms with van der Waals surface area (Å²) in [6.45, 7) is 0.945. The molecule has 15 heteroatoms. The first-order valence-corrected chi connectivity index (χ1v) is 11.8. The van der Waals surface area contributed by atoms with Crippen molar-refractivity contribution in [1.29, 1.82) is 0 Å². The number of hydrogen-bond donors (Lipinski definition) is 5. The Balaban J connectivity index is -0.000000533. The molecule has 0 saturated heterocycles. The molecule has 1 aliphatic heterocycles. The number of amides is 3. The molecule has 1 heterocycles. The second kappa shape index (κ2) is 21.2. The third-order valence-electron chi connectivity index (χ3n) is 5.78. The number of unbranched alkanes of at least 4 members (excludes halogenated alkanes) is 4. The first kappa shape index (κ1) is 40.9. The van der Waals surface area contributed by atoms with Gasteiger partial charge < -0.3 is 38.0 Å². The van der Waals surface area contributed by atoms with Gasteiger partial charge in [0.15, 0.2) is 5.41 Å². The van der Waals surface area contributed by atoms with Crippen molar-refractivity contribution in [1.82, 2.24) is 10.2 Å². The van der Waals surface area contributed by atoms with Crippen molar-refractivity contribution >= 4 is 35.8 Å². The van der Waals surface area contributed by atoms with Gasteiger partial charge in [-0.15, -0.1) is 0 Å². The van der Waals surface area contributed by atoms with Crippen LogP contribution < -0.4 is 5.32 Å². The number of rotatable bonds is 11. The number of carbonyl (C=O) groups is 6. The molecule has 3 rings (SSSR count). The van der Waals surface area contributed by atoms with Crippen molar-refractivity contribution in [2.45, 2.75) is 51.4 Å². The van der Waals surface area contributed by atoms with Crippen LogP contribution in [0.15, 0.2) is 42.5 Å². The average molecular weight is 748 g/mol. The van der Waals surface area contributed by atoms with E-state index in [2.05, 4.69) is 5.32 Å². The number of nitrogens with one attached hydrogen (secondary N) is 1. The van der Waals surface area contributed by atoms with Gasteiger partial charge in [-0.1, -0.05) is 37.5 Å². The first-order valence-electron chi connectivity index (χ1n) is 11.8. The van der Waals surface area contributed by atoms with E-state index >= 15 is 0 Å². The molecule has 0 radical (unpaired) electrons. The SMILES string of the molecule is O=C(O)C1(C(=O)O)CCC1.O=C(O)NCCCCCCCN1C(=O)C=CC1=O.O=C(O)c1ccccc1.[NH2-].[NH2-].[Pt+2]. The van der Waals surface area contributed by atoms with E-state index in [9.17, 15) is 28.8 Å². The summed E-state index contributed by atoms with van der Waals surface area (Å²) < 4.78 is 0.